The minimum atomic E-state index is -4.09. The van der Waals surface area contributed by atoms with Gasteiger partial charge in [0.25, 0.3) is 0 Å². The van der Waals surface area contributed by atoms with Gasteiger partial charge in [0, 0.05) is 45.3 Å². The number of hydrogen-bond acceptors (Lipinski definition) is 6. The molecule has 9 nitrogen and oxygen atoms in total. The molecule has 5 rings (SSSR count). The Morgan fingerprint density at radius 3 is 2.43 bits per heavy atom. The predicted octanol–water partition coefficient (Wildman–Crippen LogP) is 5.20. The molecule has 0 saturated carbocycles. The third-order valence-electron chi connectivity index (χ3n) is 6.30. The molecular formula is C26H25N3O6S2. The number of benzene rings is 3. The van der Waals surface area contributed by atoms with Gasteiger partial charge in [0.2, 0.25) is 10.0 Å². The summed E-state index contributed by atoms with van der Waals surface area (Å²) in [6, 6.07) is 17.1. The molecule has 1 fully saturated rings. The van der Waals surface area contributed by atoms with Crippen molar-refractivity contribution in [2.45, 2.75) is 29.5 Å². The highest BCUT2D eigenvalue weighted by molar-refractivity contribution is 8.00. The number of furan rings is 1. The Hall–Kier alpha value is -3.54. The Morgan fingerprint density at radius 1 is 0.973 bits per heavy atom. The van der Waals surface area contributed by atoms with E-state index in [-0.39, 0.29) is 11.4 Å². The molecule has 2 heterocycles. The van der Waals surface area contributed by atoms with Crippen molar-refractivity contribution in [2.75, 3.05) is 22.9 Å². The molecular weight excluding hydrogens is 514 g/mol. The topological polar surface area (TPSA) is 129 Å². The second kappa shape index (κ2) is 9.40. The van der Waals surface area contributed by atoms with E-state index in [0.29, 0.717) is 39.1 Å². The lowest BCUT2D eigenvalue weighted by molar-refractivity contribution is -0.142. The zero-order chi connectivity index (χ0) is 26.4. The molecule has 1 aliphatic rings. The van der Waals surface area contributed by atoms with Gasteiger partial charge in [-0.3, -0.25) is 4.79 Å². The second-order valence-corrected chi connectivity index (χ2v) is 12.9. The van der Waals surface area contributed by atoms with Crippen LogP contribution in [0.2, 0.25) is 0 Å². The smallest absolute Gasteiger partial charge is 0.323 e. The summed E-state index contributed by atoms with van der Waals surface area (Å²) in [5, 5.41) is 16.6. The molecule has 0 aliphatic carbocycles. The van der Waals surface area contributed by atoms with Crippen LogP contribution in [0.15, 0.2) is 76.0 Å². The van der Waals surface area contributed by atoms with Crippen LogP contribution in [0.5, 0.6) is 0 Å². The van der Waals surface area contributed by atoms with Crippen LogP contribution in [0.3, 0.4) is 0 Å². The first kappa shape index (κ1) is 25.1. The minimum absolute atomic E-state index is 0.00101. The van der Waals surface area contributed by atoms with Gasteiger partial charge in [-0.1, -0.05) is 18.2 Å². The van der Waals surface area contributed by atoms with E-state index < -0.39 is 32.8 Å². The van der Waals surface area contributed by atoms with E-state index in [0.717, 1.165) is 4.31 Å². The lowest BCUT2D eigenvalue weighted by atomic mass is 10.0. The number of sulfonamides is 1. The molecule has 1 saturated heterocycles. The van der Waals surface area contributed by atoms with E-state index in [2.05, 4.69) is 10.6 Å². The number of nitrogens with one attached hydrogen (secondary N) is 2. The van der Waals surface area contributed by atoms with E-state index in [9.17, 15) is 23.1 Å². The minimum Gasteiger partial charge on any atom is -0.480 e. The molecule has 1 aromatic heterocycles. The summed E-state index contributed by atoms with van der Waals surface area (Å²) in [7, 11) is -4.09. The molecule has 192 valence electrons. The summed E-state index contributed by atoms with van der Waals surface area (Å²) >= 11 is 1.45. The second-order valence-electron chi connectivity index (χ2n) is 9.22. The summed E-state index contributed by atoms with van der Waals surface area (Å²) in [5.74, 6) is -0.674. The Labute approximate surface area is 217 Å². The number of carboxylic acid groups (broad SMARTS) is 1. The van der Waals surface area contributed by atoms with Gasteiger partial charge in [0.05, 0.1) is 4.90 Å². The van der Waals surface area contributed by atoms with Crippen molar-refractivity contribution in [1.29, 1.82) is 0 Å². The number of rotatable bonds is 5. The van der Waals surface area contributed by atoms with Gasteiger partial charge in [-0.2, -0.15) is 16.1 Å². The number of carboxylic acids is 1. The van der Waals surface area contributed by atoms with Crippen LogP contribution in [-0.4, -0.2) is 52.9 Å². The number of carbonyl (C=O) groups is 2. The fourth-order valence-electron chi connectivity index (χ4n) is 4.58. The Bertz CT molecular complexity index is 1620. The zero-order valence-corrected chi connectivity index (χ0v) is 21.7. The standard InChI is InChI=1S/C26H25N3O6S2/c1-26(2)23(24(30)31)29(12-13-36-26)37(33,34)18-9-11-21-20(15-18)19-10-8-17(14-22(19)35-21)28-25(32)27-16-6-4-3-5-7-16/h3-11,14-15,23H,12-13H2,1-2H3,(H,30,31)(H2,27,28,32)/t23-/m0/s1. The molecule has 3 aromatic carbocycles. The zero-order valence-electron chi connectivity index (χ0n) is 20.1. The summed E-state index contributed by atoms with van der Waals surface area (Å²) in [4.78, 5) is 24.4. The third kappa shape index (κ3) is 4.77. The number of amides is 2. The average Bonchev–Trinajstić information content (AvgIpc) is 3.20. The molecule has 0 bridgehead atoms. The normalized spacial score (nSPS) is 18.1. The largest absolute Gasteiger partial charge is 0.480 e. The van der Waals surface area contributed by atoms with Crippen LogP contribution in [0.1, 0.15) is 13.8 Å². The quantitative estimate of drug-likeness (QED) is 0.318. The number of nitrogens with zero attached hydrogens (tertiary/aromatic N) is 1. The van der Waals surface area contributed by atoms with Crippen molar-refractivity contribution in [3.05, 3.63) is 66.7 Å². The van der Waals surface area contributed by atoms with Crippen molar-refractivity contribution in [3.8, 4) is 0 Å². The number of para-hydroxylation sites is 1. The molecule has 0 radical (unpaired) electrons. The summed E-state index contributed by atoms with van der Waals surface area (Å²) in [6.07, 6.45) is 0. The van der Waals surface area contributed by atoms with E-state index in [4.69, 9.17) is 4.42 Å². The van der Waals surface area contributed by atoms with Gasteiger partial charge in [-0.15, -0.1) is 0 Å². The fraction of sp³-hybridized carbons (Fsp3) is 0.231. The molecule has 0 spiro atoms. The number of urea groups is 1. The molecule has 1 aliphatic heterocycles. The van der Waals surface area contributed by atoms with Crippen LogP contribution in [0.25, 0.3) is 21.9 Å². The first-order valence-corrected chi connectivity index (χ1v) is 14.0. The predicted molar refractivity (Wildman–Crippen MR) is 145 cm³/mol. The summed E-state index contributed by atoms with van der Waals surface area (Å²) in [6.45, 7) is 3.60. The summed E-state index contributed by atoms with van der Waals surface area (Å²) < 4.78 is 33.4. The van der Waals surface area contributed by atoms with Gasteiger partial charge < -0.3 is 20.2 Å². The molecule has 4 aromatic rings. The van der Waals surface area contributed by atoms with E-state index in [1.807, 2.05) is 18.2 Å². The maximum absolute atomic E-state index is 13.6. The van der Waals surface area contributed by atoms with Crippen LogP contribution < -0.4 is 10.6 Å². The highest BCUT2D eigenvalue weighted by Gasteiger charge is 2.48. The monoisotopic (exact) mass is 539 g/mol. The Balaban J connectivity index is 1.45. The average molecular weight is 540 g/mol. The van der Waals surface area contributed by atoms with Crippen LogP contribution in [-0.2, 0) is 14.8 Å². The Kier molecular flexibility index (Phi) is 6.38. The van der Waals surface area contributed by atoms with E-state index in [1.54, 1.807) is 50.2 Å². The van der Waals surface area contributed by atoms with Crippen LogP contribution >= 0.6 is 11.8 Å². The number of thioether (sulfide) groups is 1. The Morgan fingerprint density at radius 2 is 1.70 bits per heavy atom. The number of aliphatic carboxylic acids is 1. The molecule has 0 unspecified atom stereocenters. The van der Waals surface area contributed by atoms with Gasteiger partial charge in [0.1, 0.15) is 17.2 Å². The van der Waals surface area contributed by atoms with E-state index in [1.165, 1.54) is 23.9 Å². The number of fused-ring (bicyclic) bond motifs is 3. The molecule has 11 heteroatoms. The fourth-order valence-corrected chi connectivity index (χ4v) is 7.70. The highest BCUT2D eigenvalue weighted by Crippen LogP contribution is 2.39. The lowest BCUT2D eigenvalue weighted by Gasteiger charge is -2.42. The van der Waals surface area contributed by atoms with Crippen LogP contribution in [0, 0.1) is 0 Å². The van der Waals surface area contributed by atoms with Crippen molar-refractivity contribution >= 4 is 67.1 Å². The number of anilines is 2. The first-order valence-electron chi connectivity index (χ1n) is 11.5. The number of carbonyl (C=O) groups excluding carboxylic acids is 1. The van der Waals surface area contributed by atoms with Gasteiger partial charge >= 0.3 is 12.0 Å². The van der Waals surface area contributed by atoms with Crippen molar-refractivity contribution < 1.29 is 27.5 Å². The summed E-state index contributed by atoms with van der Waals surface area (Å²) in [5.41, 5.74) is 2.11. The van der Waals surface area contributed by atoms with Gasteiger partial charge in [-0.25, -0.2) is 13.2 Å². The van der Waals surface area contributed by atoms with Crippen molar-refractivity contribution in [1.82, 2.24) is 4.31 Å². The highest BCUT2D eigenvalue weighted by atomic mass is 32.2. The first-order chi connectivity index (χ1) is 17.6. The van der Waals surface area contributed by atoms with Gasteiger partial charge in [-0.05, 0) is 56.3 Å². The van der Waals surface area contributed by atoms with Gasteiger partial charge in [0.15, 0.2) is 0 Å². The van der Waals surface area contributed by atoms with Crippen molar-refractivity contribution in [3.63, 3.8) is 0 Å². The molecule has 3 N–H and O–H groups in total. The third-order valence-corrected chi connectivity index (χ3v) is 9.52. The van der Waals surface area contributed by atoms with Crippen LogP contribution in [0.4, 0.5) is 16.2 Å². The van der Waals surface area contributed by atoms with E-state index >= 15 is 0 Å². The SMILES string of the molecule is CC1(C)SCCN(S(=O)(=O)c2ccc3oc4cc(NC(=O)Nc5ccccc5)ccc4c3c2)[C@H]1C(=O)O. The molecule has 1 atom stereocenters. The maximum atomic E-state index is 13.6. The number of hydrogen-bond donors (Lipinski definition) is 3. The molecule has 2 amide bonds. The molecule has 37 heavy (non-hydrogen) atoms. The van der Waals surface area contributed by atoms with Crippen molar-refractivity contribution in [2.24, 2.45) is 0 Å². The maximum Gasteiger partial charge on any atom is 0.323 e. The lowest BCUT2D eigenvalue weighted by Crippen LogP contribution is -2.58.